The SMILES string of the molecule is Cc1nc2ncc(-c3ccn4nc(N[C@H]5C[C@H](N6CCN(C)CC6)C5)ncc34)cc2n1C(C)C. The minimum atomic E-state index is 0.326. The van der Waals surface area contributed by atoms with Crippen molar-refractivity contribution in [2.75, 3.05) is 38.5 Å². The number of imidazole rings is 1. The van der Waals surface area contributed by atoms with Crippen LogP contribution in [0.4, 0.5) is 5.95 Å². The van der Waals surface area contributed by atoms with Crippen molar-refractivity contribution in [3.8, 4) is 11.1 Å². The van der Waals surface area contributed by atoms with Crippen molar-refractivity contribution < 1.29 is 0 Å². The first kappa shape index (κ1) is 21.5. The van der Waals surface area contributed by atoms with E-state index in [0.717, 1.165) is 46.5 Å². The molecule has 1 aliphatic carbocycles. The van der Waals surface area contributed by atoms with Gasteiger partial charge in [0.25, 0.3) is 0 Å². The number of aryl methyl sites for hydroxylation is 1. The lowest BCUT2D eigenvalue weighted by molar-refractivity contribution is 0.0656. The summed E-state index contributed by atoms with van der Waals surface area (Å²) in [5.74, 6) is 1.68. The molecule has 4 aromatic rings. The van der Waals surface area contributed by atoms with Gasteiger partial charge in [-0.3, -0.25) is 4.90 Å². The lowest BCUT2D eigenvalue weighted by atomic mass is 9.85. The molecule has 1 N–H and O–H groups in total. The number of piperazine rings is 1. The van der Waals surface area contributed by atoms with Crippen molar-refractivity contribution in [2.24, 2.45) is 0 Å². The standard InChI is InChI=1S/C25H33N9/c1-16(2)34-17(3)28-24-22(34)11-18(14-26-24)21-5-6-33-23(21)15-27-25(30-33)29-19-12-20(13-19)32-9-7-31(4)8-10-32/h5-6,11,14-16,19-20H,7-10,12-13H2,1-4H3,(H,29,30)/t19-,20-. The molecule has 178 valence electrons. The van der Waals surface area contributed by atoms with Crippen LogP contribution in [0.2, 0.25) is 0 Å². The summed E-state index contributed by atoms with van der Waals surface area (Å²) in [6.45, 7) is 11.1. The highest BCUT2D eigenvalue weighted by molar-refractivity contribution is 5.85. The first-order valence-corrected chi connectivity index (χ1v) is 12.3. The number of nitrogens with one attached hydrogen (secondary N) is 1. The normalized spacial score (nSPS) is 22.0. The van der Waals surface area contributed by atoms with Crippen molar-refractivity contribution in [1.82, 2.24) is 38.9 Å². The van der Waals surface area contributed by atoms with Gasteiger partial charge in [-0.05, 0) is 52.8 Å². The quantitative estimate of drug-likeness (QED) is 0.491. The zero-order valence-corrected chi connectivity index (χ0v) is 20.4. The van der Waals surface area contributed by atoms with Crippen molar-refractivity contribution in [2.45, 2.75) is 51.7 Å². The van der Waals surface area contributed by atoms with Gasteiger partial charge in [-0.2, -0.15) is 0 Å². The van der Waals surface area contributed by atoms with E-state index in [1.807, 2.05) is 30.0 Å². The van der Waals surface area contributed by atoms with E-state index in [2.05, 4.69) is 67.7 Å². The van der Waals surface area contributed by atoms with Crippen molar-refractivity contribution in [3.63, 3.8) is 0 Å². The Labute approximate surface area is 199 Å². The number of hydrogen-bond acceptors (Lipinski definition) is 7. The Balaban J connectivity index is 1.19. The molecule has 0 spiro atoms. The van der Waals surface area contributed by atoms with Crippen molar-refractivity contribution in [1.29, 1.82) is 0 Å². The van der Waals surface area contributed by atoms with Crippen LogP contribution in [0.5, 0.6) is 0 Å². The molecule has 4 aromatic heterocycles. The predicted molar refractivity (Wildman–Crippen MR) is 134 cm³/mol. The van der Waals surface area contributed by atoms with Crippen LogP contribution in [0.15, 0.2) is 30.7 Å². The van der Waals surface area contributed by atoms with Gasteiger partial charge >= 0.3 is 0 Å². The number of hydrogen-bond donors (Lipinski definition) is 1. The van der Waals surface area contributed by atoms with Gasteiger partial charge in [0.15, 0.2) is 5.65 Å². The number of likely N-dealkylation sites (N-methyl/N-ethyl adjacent to an activating group) is 1. The zero-order valence-electron chi connectivity index (χ0n) is 20.4. The molecule has 1 saturated carbocycles. The Bertz CT molecular complexity index is 1320. The Morgan fingerprint density at radius 3 is 2.59 bits per heavy atom. The summed E-state index contributed by atoms with van der Waals surface area (Å²) in [5.41, 5.74) is 4.95. The second-order valence-electron chi connectivity index (χ2n) is 10.1. The van der Waals surface area contributed by atoms with Crippen LogP contribution >= 0.6 is 0 Å². The molecule has 1 saturated heterocycles. The van der Waals surface area contributed by atoms with Gasteiger partial charge in [0, 0.05) is 67.8 Å². The maximum Gasteiger partial charge on any atom is 0.241 e. The summed E-state index contributed by atoms with van der Waals surface area (Å²) in [7, 11) is 2.21. The smallest absolute Gasteiger partial charge is 0.241 e. The molecule has 1 aliphatic heterocycles. The molecule has 9 nitrogen and oxygen atoms in total. The van der Waals surface area contributed by atoms with Gasteiger partial charge in [0.2, 0.25) is 5.95 Å². The van der Waals surface area contributed by atoms with E-state index in [0.29, 0.717) is 24.1 Å². The Morgan fingerprint density at radius 1 is 1.03 bits per heavy atom. The third kappa shape index (κ3) is 3.73. The lowest BCUT2D eigenvalue weighted by Gasteiger charge is -2.46. The molecule has 0 amide bonds. The molecule has 0 aromatic carbocycles. The van der Waals surface area contributed by atoms with Crippen molar-refractivity contribution in [3.05, 3.63) is 36.5 Å². The second kappa shape index (κ2) is 8.32. The molecular formula is C25H33N9. The van der Waals surface area contributed by atoms with Crippen LogP contribution in [-0.4, -0.2) is 84.2 Å². The Morgan fingerprint density at radius 2 is 1.82 bits per heavy atom. The molecule has 0 atom stereocenters. The first-order valence-electron chi connectivity index (χ1n) is 12.3. The van der Waals surface area contributed by atoms with E-state index in [9.17, 15) is 0 Å². The number of rotatable bonds is 5. The lowest BCUT2D eigenvalue weighted by Crippen LogP contribution is -2.55. The maximum atomic E-state index is 4.74. The molecular weight excluding hydrogens is 426 g/mol. The highest BCUT2D eigenvalue weighted by Gasteiger charge is 2.35. The maximum absolute atomic E-state index is 4.74. The number of fused-ring (bicyclic) bond motifs is 2. The summed E-state index contributed by atoms with van der Waals surface area (Å²) in [6.07, 6.45) is 8.14. The molecule has 0 bridgehead atoms. The van der Waals surface area contributed by atoms with E-state index in [1.54, 1.807) is 0 Å². The number of nitrogens with zero attached hydrogens (tertiary/aromatic N) is 8. The molecule has 2 aliphatic rings. The summed E-state index contributed by atoms with van der Waals surface area (Å²) >= 11 is 0. The van der Waals surface area contributed by atoms with E-state index < -0.39 is 0 Å². The Hall–Kier alpha value is -3.04. The molecule has 0 radical (unpaired) electrons. The van der Waals surface area contributed by atoms with Crippen LogP contribution in [-0.2, 0) is 0 Å². The Kier molecular flexibility index (Phi) is 5.26. The van der Waals surface area contributed by atoms with Crippen LogP contribution in [0, 0.1) is 6.92 Å². The first-order chi connectivity index (χ1) is 16.5. The van der Waals surface area contributed by atoms with Crippen LogP contribution in [0.25, 0.3) is 27.8 Å². The van der Waals surface area contributed by atoms with Gasteiger partial charge in [0.05, 0.1) is 17.2 Å². The van der Waals surface area contributed by atoms with Crippen LogP contribution < -0.4 is 5.32 Å². The van der Waals surface area contributed by atoms with Gasteiger partial charge in [0.1, 0.15) is 5.82 Å². The average Bonchev–Trinajstić information content (AvgIpc) is 3.36. The fourth-order valence-corrected chi connectivity index (χ4v) is 5.47. The monoisotopic (exact) mass is 459 g/mol. The van der Waals surface area contributed by atoms with Crippen molar-refractivity contribution >= 4 is 22.6 Å². The highest BCUT2D eigenvalue weighted by atomic mass is 15.3. The topological polar surface area (TPSA) is 79.4 Å². The third-order valence-electron chi connectivity index (χ3n) is 7.47. The predicted octanol–water partition coefficient (Wildman–Crippen LogP) is 3.22. The number of aromatic nitrogens is 6. The minimum absolute atomic E-state index is 0.326. The summed E-state index contributed by atoms with van der Waals surface area (Å²) in [6, 6.07) is 5.73. The summed E-state index contributed by atoms with van der Waals surface area (Å²) in [5, 5.41) is 8.28. The third-order valence-corrected chi connectivity index (χ3v) is 7.47. The largest absolute Gasteiger partial charge is 0.350 e. The summed E-state index contributed by atoms with van der Waals surface area (Å²) in [4.78, 5) is 18.9. The van der Waals surface area contributed by atoms with Gasteiger partial charge < -0.3 is 14.8 Å². The van der Waals surface area contributed by atoms with Gasteiger partial charge in [-0.15, -0.1) is 5.10 Å². The zero-order chi connectivity index (χ0) is 23.4. The molecule has 5 heterocycles. The molecule has 0 unspecified atom stereocenters. The second-order valence-corrected chi connectivity index (χ2v) is 10.1. The highest BCUT2D eigenvalue weighted by Crippen LogP contribution is 2.31. The molecule has 9 heteroatoms. The fourth-order valence-electron chi connectivity index (χ4n) is 5.47. The summed E-state index contributed by atoms with van der Waals surface area (Å²) < 4.78 is 4.15. The van der Waals surface area contributed by atoms with E-state index in [1.165, 1.54) is 26.2 Å². The van der Waals surface area contributed by atoms with Gasteiger partial charge in [-0.25, -0.2) is 19.5 Å². The molecule has 6 rings (SSSR count). The number of pyridine rings is 1. The van der Waals surface area contributed by atoms with E-state index >= 15 is 0 Å². The average molecular weight is 460 g/mol. The van der Waals surface area contributed by atoms with E-state index in [4.69, 9.17) is 5.10 Å². The molecule has 2 fully saturated rings. The van der Waals surface area contributed by atoms with Gasteiger partial charge in [-0.1, -0.05) is 0 Å². The molecule has 34 heavy (non-hydrogen) atoms. The minimum Gasteiger partial charge on any atom is -0.350 e. The van der Waals surface area contributed by atoms with Crippen LogP contribution in [0.1, 0.15) is 38.6 Å². The van der Waals surface area contributed by atoms with E-state index in [-0.39, 0.29) is 0 Å². The number of anilines is 1. The van der Waals surface area contributed by atoms with Crippen LogP contribution in [0.3, 0.4) is 0 Å². The fraction of sp³-hybridized carbons (Fsp3) is 0.520.